The van der Waals surface area contributed by atoms with Gasteiger partial charge in [0.05, 0.1) is 0 Å². The predicted octanol–water partition coefficient (Wildman–Crippen LogP) is 2.50. The van der Waals surface area contributed by atoms with Crippen molar-refractivity contribution in [2.75, 3.05) is 13.1 Å². The lowest BCUT2D eigenvalue weighted by Gasteiger charge is -2.28. The first-order valence-corrected chi connectivity index (χ1v) is 6.47. The Bertz CT molecular complexity index is 309. The van der Waals surface area contributed by atoms with E-state index in [0.717, 1.165) is 19.3 Å². The number of hydrogen-bond donors (Lipinski definition) is 1. The van der Waals surface area contributed by atoms with Crippen LogP contribution in [0.2, 0.25) is 0 Å². The Labute approximate surface area is 108 Å². The molecule has 0 aromatic heterocycles. The normalized spacial score (nSPS) is 21.3. The smallest absolute Gasteiger partial charge is 0.410 e. The molecule has 1 rings (SSSR count). The Balaban J connectivity index is 2.58. The van der Waals surface area contributed by atoms with Gasteiger partial charge in [0, 0.05) is 19.5 Å². The quantitative estimate of drug-likeness (QED) is 0.825. The van der Waals surface area contributed by atoms with Gasteiger partial charge in [0.1, 0.15) is 5.60 Å². The monoisotopic (exact) mass is 257 g/mol. The van der Waals surface area contributed by atoms with Crippen molar-refractivity contribution < 1.29 is 19.4 Å². The van der Waals surface area contributed by atoms with Crippen LogP contribution in [-0.4, -0.2) is 40.8 Å². The maximum Gasteiger partial charge on any atom is 0.410 e. The fourth-order valence-electron chi connectivity index (χ4n) is 2.14. The van der Waals surface area contributed by atoms with Crippen molar-refractivity contribution in [3.63, 3.8) is 0 Å². The maximum atomic E-state index is 12.0. The van der Waals surface area contributed by atoms with Crippen molar-refractivity contribution in [3.05, 3.63) is 0 Å². The molecule has 1 fully saturated rings. The number of ether oxygens (including phenoxy) is 1. The number of amides is 1. The molecule has 0 aromatic rings. The van der Waals surface area contributed by atoms with Crippen molar-refractivity contribution in [2.24, 2.45) is 5.92 Å². The lowest BCUT2D eigenvalue weighted by Crippen LogP contribution is -2.39. The van der Waals surface area contributed by atoms with Gasteiger partial charge < -0.3 is 14.7 Å². The molecule has 5 nitrogen and oxygen atoms in total. The standard InChI is InChI=1S/C13H23NO4/c1-13(2,3)18-12(17)14-7-5-4-6-10(9-14)8-11(15)16/h10H,4-9H2,1-3H3,(H,15,16). The van der Waals surface area contributed by atoms with Gasteiger partial charge in [-0.25, -0.2) is 4.79 Å². The molecule has 0 aromatic carbocycles. The van der Waals surface area contributed by atoms with Crippen LogP contribution in [0.1, 0.15) is 46.5 Å². The Morgan fingerprint density at radius 1 is 1.33 bits per heavy atom. The van der Waals surface area contributed by atoms with Gasteiger partial charge >= 0.3 is 12.1 Å². The molecule has 1 atom stereocenters. The van der Waals surface area contributed by atoms with Crippen molar-refractivity contribution in [3.8, 4) is 0 Å². The summed E-state index contributed by atoms with van der Waals surface area (Å²) in [5, 5.41) is 8.83. The summed E-state index contributed by atoms with van der Waals surface area (Å²) in [5.41, 5.74) is -0.508. The second-order valence-corrected chi connectivity index (χ2v) is 5.89. The average molecular weight is 257 g/mol. The number of carboxylic acid groups (broad SMARTS) is 1. The van der Waals surface area contributed by atoms with E-state index in [4.69, 9.17) is 9.84 Å². The van der Waals surface area contributed by atoms with Crippen LogP contribution in [0.5, 0.6) is 0 Å². The number of carbonyl (C=O) groups excluding carboxylic acids is 1. The molecule has 5 heteroatoms. The minimum atomic E-state index is -0.800. The molecule has 0 bridgehead atoms. The second kappa shape index (κ2) is 6.07. The number of carbonyl (C=O) groups is 2. The number of likely N-dealkylation sites (tertiary alicyclic amines) is 1. The Kier molecular flexibility index (Phi) is 4.99. The van der Waals surface area contributed by atoms with Gasteiger partial charge in [0.2, 0.25) is 0 Å². The van der Waals surface area contributed by atoms with Crippen LogP contribution in [0.15, 0.2) is 0 Å². The van der Waals surface area contributed by atoms with E-state index < -0.39 is 11.6 Å². The summed E-state index contributed by atoms with van der Waals surface area (Å²) in [6, 6.07) is 0. The molecule has 104 valence electrons. The van der Waals surface area contributed by atoms with Gasteiger partial charge in [-0.1, -0.05) is 6.42 Å². The van der Waals surface area contributed by atoms with E-state index in [1.165, 1.54) is 0 Å². The highest BCUT2D eigenvalue weighted by atomic mass is 16.6. The lowest BCUT2D eigenvalue weighted by molar-refractivity contribution is -0.138. The topological polar surface area (TPSA) is 66.8 Å². The van der Waals surface area contributed by atoms with Crippen molar-refractivity contribution in [1.29, 1.82) is 0 Å². The van der Waals surface area contributed by atoms with Crippen LogP contribution < -0.4 is 0 Å². The Morgan fingerprint density at radius 3 is 2.56 bits per heavy atom. The molecule has 1 heterocycles. The summed E-state index contributed by atoms with van der Waals surface area (Å²) in [5.74, 6) is -0.761. The highest BCUT2D eigenvalue weighted by Gasteiger charge is 2.27. The molecule has 1 N–H and O–H groups in total. The van der Waals surface area contributed by atoms with Crippen LogP contribution in [-0.2, 0) is 9.53 Å². The minimum Gasteiger partial charge on any atom is -0.481 e. The summed E-state index contributed by atoms with van der Waals surface area (Å²) in [6.07, 6.45) is 2.54. The molecular weight excluding hydrogens is 234 g/mol. The van der Waals surface area contributed by atoms with Gasteiger partial charge in [0.15, 0.2) is 0 Å². The third-order valence-corrected chi connectivity index (χ3v) is 2.88. The maximum absolute atomic E-state index is 12.0. The first-order valence-electron chi connectivity index (χ1n) is 6.47. The van der Waals surface area contributed by atoms with Crippen molar-refractivity contribution in [2.45, 2.75) is 52.1 Å². The van der Waals surface area contributed by atoms with Crippen molar-refractivity contribution >= 4 is 12.1 Å². The van der Waals surface area contributed by atoms with Crippen LogP contribution >= 0.6 is 0 Å². The molecule has 0 aliphatic carbocycles. The number of rotatable bonds is 2. The van der Waals surface area contributed by atoms with E-state index in [-0.39, 0.29) is 18.4 Å². The summed E-state index contributed by atoms with van der Waals surface area (Å²) in [7, 11) is 0. The van der Waals surface area contributed by atoms with Crippen LogP contribution in [0.3, 0.4) is 0 Å². The van der Waals surface area contributed by atoms with Gasteiger partial charge in [-0.05, 0) is 39.5 Å². The zero-order chi connectivity index (χ0) is 13.8. The van der Waals surface area contributed by atoms with Crippen LogP contribution in [0.4, 0.5) is 4.79 Å². The molecule has 1 amide bonds. The fraction of sp³-hybridized carbons (Fsp3) is 0.846. The van der Waals surface area contributed by atoms with E-state index in [1.54, 1.807) is 4.90 Å². The van der Waals surface area contributed by atoms with Crippen LogP contribution in [0, 0.1) is 5.92 Å². The highest BCUT2D eigenvalue weighted by molar-refractivity contribution is 5.69. The van der Waals surface area contributed by atoms with E-state index in [2.05, 4.69) is 0 Å². The van der Waals surface area contributed by atoms with E-state index in [9.17, 15) is 9.59 Å². The second-order valence-electron chi connectivity index (χ2n) is 5.89. The molecule has 18 heavy (non-hydrogen) atoms. The Morgan fingerprint density at radius 2 is 2.00 bits per heavy atom. The Hall–Kier alpha value is -1.26. The molecule has 1 saturated heterocycles. The molecule has 0 saturated carbocycles. The zero-order valence-corrected chi connectivity index (χ0v) is 11.4. The predicted molar refractivity (Wildman–Crippen MR) is 67.4 cm³/mol. The minimum absolute atomic E-state index is 0.0394. The fourth-order valence-corrected chi connectivity index (χ4v) is 2.14. The molecule has 0 radical (unpaired) electrons. The summed E-state index contributed by atoms with van der Waals surface area (Å²) in [4.78, 5) is 24.3. The summed E-state index contributed by atoms with van der Waals surface area (Å²) >= 11 is 0. The molecule has 1 aliphatic heterocycles. The summed E-state index contributed by atoms with van der Waals surface area (Å²) in [6.45, 7) is 6.64. The first kappa shape index (κ1) is 14.8. The molecule has 1 aliphatic rings. The number of hydrogen-bond acceptors (Lipinski definition) is 3. The van der Waals surface area contributed by atoms with E-state index >= 15 is 0 Å². The third kappa shape index (κ3) is 5.38. The number of nitrogens with zero attached hydrogens (tertiary/aromatic N) is 1. The van der Waals surface area contributed by atoms with E-state index in [1.807, 2.05) is 20.8 Å². The van der Waals surface area contributed by atoms with Gasteiger partial charge in [0.25, 0.3) is 0 Å². The van der Waals surface area contributed by atoms with Gasteiger partial charge in [-0.15, -0.1) is 0 Å². The number of aliphatic carboxylic acids is 1. The molecular formula is C13H23NO4. The SMILES string of the molecule is CC(C)(C)OC(=O)N1CCCCC(CC(=O)O)C1. The molecule has 0 spiro atoms. The first-order chi connectivity index (χ1) is 8.28. The van der Waals surface area contributed by atoms with E-state index in [0.29, 0.717) is 13.1 Å². The third-order valence-electron chi connectivity index (χ3n) is 2.88. The molecule has 1 unspecified atom stereocenters. The highest BCUT2D eigenvalue weighted by Crippen LogP contribution is 2.21. The number of carboxylic acids is 1. The largest absolute Gasteiger partial charge is 0.481 e. The lowest BCUT2D eigenvalue weighted by atomic mass is 10.00. The van der Waals surface area contributed by atoms with Crippen LogP contribution in [0.25, 0.3) is 0 Å². The average Bonchev–Trinajstić information content (AvgIpc) is 2.39. The zero-order valence-electron chi connectivity index (χ0n) is 11.4. The van der Waals surface area contributed by atoms with Gasteiger partial charge in [-0.2, -0.15) is 0 Å². The summed E-state index contributed by atoms with van der Waals surface area (Å²) < 4.78 is 5.33. The van der Waals surface area contributed by atoms with Crippen molar-refractivity contribution in [1.82, 2.24) is 4.90 Å². The van der Waals surface area contributed by atoms with Gasteiger partial charge in [-0.3, -0.25) is 4.79 Å².